The van der Waals surface area contributed by atoms with Crippen LogP contribution >= 0.6 is 12.2 Å². The molecule has 3 aromatic rings. The molecule has 0 bridgehead atoms. The Balaban J connectivity index is 1.71. The molecule has 0 atom stereocenters. The molecule has 0 fully saturated rings. The highest BCUT2D eigenvalue weighted by molar-refractivity contribution is 7.80. The number of hydrazine groups is 1. The van der Waals surface area contributed by atoms with Crippen LogP contribution in [0.5, 0.6) is 0 Å². The molecular weight excluding hydrogens is 426 g/mol. The summed E-state index contributed by atoms with van der Waals surface area (Å²) in [5.74, 6) is 3.79. The number of rotatable bonds is 6. The largest absolute Gasteiger partial charge is 0.332 e. The molecule has 6 N–H and O–H groups in total. The molecule has 3 aromatic carbocycles. The zero-order valence-corrected chi connectivity index (χ0v) is 18.0. The number of ketones is 1. The van der Waals surface area contributed by atoms with E-state index in [9.17, 15) is 14.4 Å². The Labute approximate surface area is 190 Å². The minimum absolute atomic E-state index is 0.00599. The summed E-state index contributed by atoms with van der Waals surface area (Å²) >= 11 is 5.30. The van der Waals surface area contributed by atoms with Crippen LogP contribution in [0, 0.1) is 0 Å². The molecule has 0 saturated carbocycles. The number of benzene rings is 3. The molecule has 9 heteroatoms. The normalized spacial score (nSPS) is 10.1. The van der Waals surface area contributed by atoms with Crippen LogP contribution in [0.15, 0.2) is 72.8 Å². The Kier molecular flexibility index (Phi) is 7.27. The summed E-state index contributed by atoms with van der Waals surface area (Å²) in [5, 5.41) is 9.18. The summed E-state index contributed by atoms with van der Waals surface area (Å²) in [7, 11) is 0. The minimum atomic E-state index is -0.676. The second-order valence-electron chi connectivity index (χ2n) is 6.73. The third-order valence-electron chi connectivity index (χ3n) is 4.49. The van der Waals surface area contributed by atoms with Crippen LogP contribution in [0.25, 0.3) is 0 Å². The number of para-hydroxylation sites is 1. The van der Waals surface area contributed by atoms with Crippen LogP contribution < -0.4 is 27.2 Å². The van der Waals surface area contributed by atoms with Crippen molar-refractivity contribution < 1.29 is 14.4 Å². The monoisotopic (exact) mass is 447 g/mol. The molecule has 0 radical (unpaired) electrons. The lowest BCUT2D eigenvalue weighted by Gasteiger charge is -2.14. The number of nitrogens with one attached hydrogen (secondary N) is 4. The van der Waals surface area contributed by atoms with Crippen molar-refractivity contribution in [3.63, 3.8) is 0 Å². The Hall–Kier alpha value is -4.08. The van der Waals surface area contributed by atoms with Crippen molar-refractivity contribution in [1.29, 1.82) is 0 Å². The van der Waals surface area contributed by atoms with Gasteiger partial charge in [0.1, 0.15) is 0 Å². The fourth-order valence-electron chi connectivity index (χ4n) is 2.98. The smallest absolute Gasteiger partial charge is 0.268 e. The zero-order chi connectivity index (χ0) is 23.1. The average Bonchev–Trinajstić information content (AvgIpc) is 2.79. The van der Waals surface area contributed by atoms with E-state index in [1.165, 1.54) is 19.1 Å². The number of carbonyl (C=O) groups is 3. The van der Waals surface area contributed by atoms with Crippen molar-refractivity contribution in [3.8, 4) is 0 Å². The van der Waals surface area contributed by atoms with Gasteiger partial charge in [0, 0.05) is 22.5 Å². The molecule has 2 amide bonds. The molecule has 162 valence electrons. The van der Waals surface area contributed by atoms with Crippen LogP contribution in [-0.2, 0) is 0 Å². The van der Waals surface area contributed by atoms with Crippen LogP contribution in [0.3, 0.4) is 0 Å². The maximum absolute atomic E-state index is 12.7. The summed E-state index contributed by atoms with van der Waals surface area (Å²) in [6.45, 7) is 1.33. The van der Waals surface area contributed by atoms with Gasteiger partial charge in [-0.05, 0) is 61.6 Å². The van der Waals surface area contributed by atoms with Crippen molar-refractivity contribution in [2.45, 2.75) is 6.92 Å². The highest BCUT2D eigenvalue weighted by Gasteiger charge is 2.20. The lowest BCUT2D eigenvalue weighted by molar-refractivity contribution is 0.0939. The highest BCUT2D eigenvalue weighted by atomic mass is 32.1. The number of anilines is 3. The van der Waals surface area contributed by atoms with E-state index in [-0.39, 0.29) is 22.6 Å². The van der Waals surface area contributed by atoms with Crippen molar-refractivity contribution in [2.24, 2.45) is 5.84 Å². The van der Waals surface area contributed by atoms with E-state index in [0.717, 1.165) is 5.69 Å². The molecule has 3 rings (SSSR count). The van der Waals surface area contributed by atoms with Gasteiger partial charge in [-0.15, -0.1) is 0 Å². The molecule has 0 aliphatic heterocycles. The number of nitrogens with two attached hydrogens (primary N) is 1. The quantitative estimate of drug-likeness (QED) is 0.129. The van der Waals surface area contributed by atoms with Crippen molar-refractivity contribution in [3.05, 3.63) is 89.5 Å². The molecule has 8 nitrogen and oxygen atoms in total. The molecule has 0 aliphatic carbocycles. The van der Waals surface area contributed by atoms with Gasteiger partial charge in [0.15, 0.2) is 10.9 Å². The Morgan fingerprint density at radius 2 is 1.38 bits per heavy atom. The summed E-state index contributed by atoms with van der Waals surface area (Å²) in [6.07, 6.45) is 0. The second-order valence-corrected chi connectivity index (χ2v) is 7.14. The van der Waals surface area contributed by atoms with Crippen LogP contribution in [0.1, 0.15) is 38.0 Å². The first-order chi connectivity index (χ1) is 15.4. The predicted molar refractivity (Wildman–Crippen MR) is 129 cm³/mol. The van der Waals surface area contributed by atoms with E-state index in [4.69, 9.17) is 18.1 Å². The highest BCUT2D eigenvalue weighted by Crippen LogP contribution is 2.22. The summed E-state index contributed by atoms with van der Waals surface area (Å²) < 4.78 is 0. The summed E-state index contributed by atoms with van der Waals surface area (Å²) in [6, 6.07) is 20.7. The van der Waals surface area contributed by atoms with Gasteiger partial charge in [0.05, 0.1) is 11.3 Å². The Morgan fingerprint density at radius 3 is 1.97 bits per heavy atom. The fourth-order valence-corrected chi connectivity index (χ4v) is 3.22. The number of hydrogen-bond acceptors (Lipinski definition) is 5. The van der Waals surface area contributed by atoms with Gasteiger partial charge in [0.2, 0.25) is 0 Å². The van der Waals surface area contributed by atoms with Gasteiger partial charge in [-0.2, -0.15) is 0 Å². The zero-order valence-electron chi connectivity index (χ0n) is 17.1. The number of thiocarbonyl (C=S) groups is 1. The van der Waals surface area contributed by atoms with Gasteiger partial charge in [-0.25, -0.2) is 5.84 Å². The van der Waals surface area contributed by atoms with Gasteiger partial charge >= 0.3 is 0 Å². The average molecular weight is 448 g/mol. The molecule has 32 heavy (non-hydrogen) atoms. The van der Waals surface area contributed by atoms with E-state index in [1.807, 2.05) is 35.8 Å². The van der Waals surface area contributed by atoms with Crippen molar-refractivity contribution in [2.75, 3.05) is 16.0 Å². The van der Waals surface area contributed by atoms with E-state index in [1.54, 1.807) is 30.3 Å². The molecule has 0 aromatic heterocycles. The predicted octanol–water partition coefficient (Wildman–Crippen LogP) is 3.55. The Bertz CT molecular complexity index is 1160. The first-order valence-corrected chi connectivity index (χ1v) is 9.99. The van der Waals surface area contributed by atoms with E-state index >= 15 is 0 Å². The third kappa shape index (κ3) is 5.54. The minimum Gasteiger partial charge on any atom is -0.332 e. The number of hydrogen-bond donors (Lipinski definition) is 5. The molecular formula is C23H21N5O3S. The van der Waals surface area contributed by atoms with Crippen LogP contribution in [-0.4, -0.2) is 22.7 Å². The van der Waals surface area contributed by atoms with Crippen LogP contribution in [0.4, 0.5) is 17.1 Å². The van der Waals surface area contributed by atoms with Crippen molar-refractivity contribution in [1.82, 2.24) is 5.43 Å². The number of Topliss-reactive ketones (excluding diaryl/α,β-unsaturated/α-hetero) is 1. The number of amides is 2. The topological polar surface area (TPSA) is 125 Å². The molecule has 0 unspecified atom stereocenters. The lowest BCUT2D eigenvalue weighted by Crippen LogP contribution is -2.32. The Morgan fingerprint density at radius 1 is 0.750 bits per heavy atom. The van der Waals surface area contributed by atoms with Gasteiger partial charge < -0.3 is 16.0 Å². The molecule has 0 aliphatic rings. The fraction of sp³-hybridized carbons (Fsp3) is 0.0435. The molecule has 0 heterocycles. The van der Waals surface area contributed by atoms with E-state index in [2.05, 4.69) is 16.0 Å². The lowest BCUT2D eigenvalue weighted by atomic mass is 10.0. The molecule has 0 spiro atoms. The first-order valence-electron chi connectivity index (χ1n) is 9.58. The SMILES string of the molecule is CC(=O)c1cccc(NC(=O)c2ccc(NC(=S)Nc3ccccc3)cc2)c1C(=O)NN. The maximum Gasteiger partial charge on any atom is 0.268 e. The number of carbonyl (C=O) groups excluding carboxylic acids is 3. The second kappa shape index (κ2) is 10.3. The summed E-state index contributed by atoms with van der Waals surface area (Å²) in [4.78, 5) is 36.8. The maximum atomic E-state index is 12.7. The third-order valence-corrected chi connectivity index (χ3v) is 4.69. The number of nitrogen functional groups attached to an aromatic ring is 1. The standard InChI is InChI=1S/C23H21N5O3S/c1-14(29)18-8-5-9-19(20(18)22(31)28-24)27-21(30)15-10-12-17(13-11-15)26-23(32)25-16-6-3-2-4-7-16/h2-13H,24H2,1H3,(H,27,30)(H,28,31)(H2,25,26,32). The van der Waals surface area contributed by atoms with E-state index < -0.39 is 11.8 Å². The van der Waals surface area contributed by atoms with Crippen LogP contribution in [0.2, 0.25) is 0 Å². The first kappa shape index (κ1) is 22.6. The van der Waals surface area contributed by atoms with Gasteiger partial charge in [-0.1, -0.05) is 30.3 Å². The van der Waals surface area contributed by atoms with E-state index in [0.29, 0.717) is 16.4 Å². The van der Waals surface area contributed by atoms with Crippen molar-refractivity contribution >= 4 is 52.0 Å². The van der Waals surface area contributed by atoms with Gasteiger partial charge in [0.25, 0.3) is 11.8 Å². The van der Waals surface area contributed by atoms with Gasteiger partial charge in [-0.3, -0.25) is 19.8 Å². The molecule has 0 saturated heterocycles. The summed E-state index contributed by atoms with van der Waals surface area (Å²) in [5.41, 5.74) is 4.24.